The summed E-state index contributed by atoms with van der Waals surface area (Å²) in [5.41, 5.74) is 1.09. The van der Waals surface area contributed by atoms with Crippen molar-refractivity contribution in [3.8, 4) is 0 Å². The molecule has 2 aromatic rings. The summed E-state index contributed by atoms with van der Waals surface area (Å²) in [5, 5.41) is 13.4. The number of aliphatic hydroxyl groups is 1. The largest absolute Gasteiger partial charge is 0.389 e. The molecule has 1 aromatic carbocycles. The number of guanidine groups is 1. The smallest absolute Gasteiger partial charge is 0.194 e. The first-order chi connectivity index (χ1) is 12.6. The third kappa shape index (κ3) is 7.33. The Labute approximate surface area is 164 Å². The van der Waals surface area contributed by atoms with Crippen LogP contribution in [0.25, 0.3) is 0 Å². The molecule has 0 bridgehead atoms. The number of nitrogens with one attached hydrogen (secondary N) is 1. The number of rotatable bonds is 9. The second-order valence-electron chi connectivity index (χ2n) is 5.91. The zero-order valence-electron chi connectivity index (χ0n) is 15.2. The molecule has 1 atom stereocenters. The Morgan fingerprint density at radius 1 is 1.31 bits per heavy atom. The fraction of sp³-hybridized carbons (Fsp3) is 0.421. The molecule has 1 aromatic heterocycles. The molecule has 0 aliphatic rings. The van der Waals surface area contributed by atoms with E-state index in [2.05, 4.69) is 10.3 Å². The van der Waals surface area contributed by atoms with Crippen molar-refractivity contribution in [1.29, 1.82) is 0 Å². The topological polar surface area (TPSA) is 57.1 Å². The van der Waals surface area contributed by atoms with E-state index in [-0.39, 0.29) is 13.2 Å². The summed E-state index contributed by atoms with van der Waals surface area (Å²) in [5.74, 6) is 0.749. The van der Waals surface area contributed by atoms with Crippen molar-refractivity contribution in [1.82, 2.24) is 10.2 Å². The molecule has 142 valence electrons. The van der Waals surface area contributed by atoms with Crippen LogP contribution in [0.4, 0.5) is 0 Å². The number of nitrogens with zero attached hydrogens (tertiary/aromatic N) is 2. The van der Waals surface area contributed by atoms with Gasteiger partial charge in [-0.15, -0.1) is 11.3 Å². The van der Waals surface area contributed by atoms with E-state index in [1.54, 1.807) is 11.3 Å². The highest BCUT2D eigenvalue weighted by molar-refractivity contribution is 7.16. The summed E-state index contributed by atoms with van der Waals surface area (Å²) in [6.07, 6.45) is -0.642. The lowest BCUT2D eigenvalue weighted by atomic mass is 10.2. The summed E-state index contributed by atoms with van der Waals surface area (Å²) >= 11 is 7.54. The fourth-order valence-electron chi connectivity index (χ4n) is 2.35. The molecule has 0 spiro atoms. The molecule has 0 saturated carbocycles. The number of ether oxygens (including phenoxy) is 1. The van der Waals surface area contributed by atoms with Gasteiger partial charge in [0, 0.05) is 18.5 Å². The number of hydrogen-bond donors (Lipinski definition) is 2. The standard InChI is InChI=1S/C19H26ClN3O2S/c1-3-21-19(23(2)12-17-9-10-18(20)26-17)22-11-16(24)14-25-13-15-7-5-4-6-8-15/h4-10,16,24H,3,11-14H2,1-2H3,(H,21,22). The summed E-state index contributed by atoms with van der Waals surface area (Å²) in [6, 6.07) is 13.8. The van der Waals surface area contributed by atoms with Crippen molar-refractivity contribution in [3.63, 3.8) is 0 Å². The van der Waals surface area contributed by atoms with Crippen LogP contribution in [0.15, 0.2) is 47.5 Å². The first kappa shape index (κ1) is 20.7. The van der Waals surface area contributed by atoms with Gasteiger partial charge >= 0.3 is 0 Å². The second-order valence-corrected chi connectivity index (χ2v) is 7.71. The molecule has 0 aliphatic heterocycles. The number of aliphatic imine (C=N–C) groups is 1. The van der Waals surface area contributed by atoms with Crippen molar-refractivity contribution in [2.75, 3.05) is 26.7 Å². The minimum atomic E-state index is -0.642. The third-order valence-corrected chi connectivity index (χ3v) is 4.81. The van der Waals surface area contributed by atoms with Gasteiger partial charge in [-0.25, -0.2) is 0 Å². The Morgan fingerprint density at radius 3 is 2.73 bits per heavy atom. The minimum Gasteiger partial charge on any atom is -0.389 e. The molecule has 0 saturated heterocycles. The van der Waals surface area contributed by atoms with Gasteiger partial charge in [0.1, 0.15) is 0 Å². The first-order valence-electron chi connectivity index (χ1n) is 8.62. The molecule has 7 heteroatoms. The van der Waals surface area contributed by atoms with E-state index in [0.717, 1.165) is 27.3 Å². The predicted octanol–water partition coefficient (Wildman–Crippen LogP) is 3.38. The quantitative estimate of drug-likeness (QED) is 0.505. The molecule has 1 unspecified atom stereocenters. The van der Waals surface area contributed by atoms with Gasteiger partial charge in [0.15, 0.2) is 5.96 Å². The van der Waals surface area contributed by atoms with Crippen LogP contribution in [-0.2, 0) is 17.9 Å². The minimum absolute atomic E-state index is 0.252. The van der Waals surface area contributed by atoms with Crippen LogP contribution in [-0.4, -0.2) is 48.8 Å². The van der Waals surface area contributed by atoms with Gasteiger partial charge in [-0.2, -0.15) is 0 Å². The van der Waals surface area contributed by atoms with Gasteiger partial charge in [-0.1, -0.05) is 41.9 Å². The Kier molecular flexibility index (Phi) is 8.91. The molecule has 5 nitrogen and oxygen atoms in total. The molecule has 0 fully saturated rings. The molecule has 26 heavy (non-hydrogen) atoms. The van der Waals surface area contributed by atoms with Crippen molar-refractivity contribution >= 4 is 28.9 Å². The summed E-state index contributed by atoms with van der Waals surface area (Å²) in [6.45, 7) is 4.51. The predicted molar refractivity (Wildman–Crippen MR) is 109 cm³/mol. The van der Waals surface area contributed by atoms with Crippen LogP contribution < -0.4 is 5.32 Å². The molecule has 0 radical (unpaired) electrons. The zero-order valence-corrected chi connectivity index (χ0v) is 16.8. The van der Waals surface area contributed by atoms with Gasteiger partial charge in [0.05, 0.1) is 36.7 Å². The average Bonchev–Trinajstić information content (AvgIpc) is 3.04. The third-order valence-electron chi connectivity index (χ3n) is 3.59. The Bertz CT molecular complexity index is 678. The SMILES string of the molecule is CCNC(=NCC(O)COCc1ccccc1)N(C)Cc1ccc(Cl)s1. The van der Waals surface area contributed by atoms with E-state index < -0.39 is 6.10 Å². The second kappa shape index (κ2) is 11.2. The van der Waals surface area contributed by atoms with Crippen LogP contribution in [0.3, 0.4) is 0 Å². The molecule has 2 rings (SSSR count). The Morgan fingerprint density at radius 2 is 2.08 bits per heavy atom. The molecular formula is C19H26ClN3O2S. The number of benzene rings is 1. The fourth-order valence-corrected chi connectivity index (χ4v) is 3.49. The highest BCUT2D eigenvalue weighted by Crippen LogP contribution is 2.22. The van der Waals surface area contributed by atoms with Crippen LogP contribution in [0.5, 0.6) is 0 Å². The van der Waals surface area contributed by atoms with Crippen LogP contribution >= 0.6 is 22.9 Å². The van der Waals surface area contributed by atoms with Gasteiger partial charge in [-0.05, 0) is 24.6 Å². The van der Waals surface area contributed by atoms with E-state index >= 15 is 0 Å². The van der Waals surface area contributed by atoms with Crippen molar-refractivity contribution in [2.24, 2.45) is 4.99 Å². The monoisotopic (exact) mass is 395 g/mol. The first-order valence-corrected chi connectivity index (χ1v) is 9.81. The van der Waals surface area contributed by atoms with Crippen molar-refractivity contribution in [2.45, 2.75) is 26.2 Å². The van der Waals surface area contributed by atoms with E-state index in [1.807, 2.05) is 61.3 Å². The molecular weight excluding hydrogens is 370 g/mol. The normalized spacial score (nSPS) is 12.8. The van der Waals surface area contributed by atoms with Gasteiger partial charge < -0.3 is 20.1 Å². The highest BCUT2D eigenvalue weighted by Gasteiger charge is 2.10. The van der Waals surface area contributed by atoms with E-state index in [0.29, 0.717) is 13.2 Å². The number of thiophene rings is 1. The van der Waals surface area contributed by atoms with Crippen LogP contribution in [0, 0.1) is 0 Å². The van der Waals surface area contributed by atoms with Crippen molar-refractivity contribution in [3.05, 3.63) is 57.2 Å². The van der Waals surface area contributed by atoms with Gasteiger partial charge in [0.2, 0.25) is 0 Å². The van der Waals surface area contributed by atoms with E-state index in [9.17, 15) is 5.11 Å². The van der Waals surface area contributed by atoms with Crippen LogP contribution in [0.2, 0.25) is 4.34 Å². The number of halogens is 1. The van der Waals surface area contributed by atoms with E-state index in [1.165, 1.54) is 0 Å². The van der Waals surface area contributed by atoms with Gasteiger partial charge in [-0.3, -0.25) is 4.99 Å². The zero-order chi connectivity index (χ0) is 18.8. The Hall–Kier alpha value is -1.60. The molecule has 0 amide bonds. The summed E-state index contributed by atoms with van der Waals surface area (Å²) < 4.78 is 6.35. The van der Waals surface area contributed by atoms with Gasteiger partial charge in [0.25, 0.3) is 0 Å². The molecule has 1 heterocycles. The highest BCUT2D eigenvalue weighted by atomic mass is 35.5. The maximum Gasteiger partial charge on any atom is 0.194 e. The Balaban J connectivity index is 1.80. The lowest BCUT2D eigenvalue weighted by molar-refractivity contribution is 0.0330. The molecule has 2 N–H and O–H groups in total. The number of hydrogen-bond acceptors (Lipinski definition) is 4. The maximum absolute atomic E-state index is 10.1. The number of aliphatic hydroxyl groups excluding tert-OH is 1. The van der Waals surface area contributed by atoms with Crippen LogP contribution in [0.1, 0.15) is 17.4 Å². The molecule has 0 aliphatic carbocycles. The lowest BCUT2D eigenvalue weighted by Crippen LogP contribution is -2.39. The summed E-state index contributed by atoms with van der Waals surface area (Å²) in [7, 11) is 1.97. The van der Waals surface area contributed by atoms with E-state index in [4.69, 9.17) is 16.3 Å². The lowest BCUT2D eigenvalue weighted by Gasteiger charge is -2.22. The maximum atomic E-state index is 10.1. The summed E-state index contributed by atoms with van der Waals surface area (Å²) in [4.78, 5) is 7.69. The average molecular weight is 396 g/mol. The van der Waals surface area contributed by atoms with Crippen molar-refractivity contribution < 1.29 is 9.84 Å².